The molecule has 1 fully saturated rings. The van der Waals surface area contributed by atoms with Crippen molar-refractivity contribution in [3.63, 3.8) is 0 Å². The Kier molecular flexibility index (Phi) is 3.79. The second-order valence-corrected chi connectivity index (χ2v) is 5.49. The van der Waals surface area contributed by atoms with Gasteiger partial charge in [0.15, 0.2) is 11.5 Å². The van der Waals surface area contributed by atoms with Crippen molar-refractivity contribution in [2.24, 2.45) is 0 Å². The predicted octanol–water partition coefficient (Wildman–Crippen LogP) is 1.56. The Morgan fingerprint density at radius 1 is 1.38 bits per heavy atom. The molecular weight excluding hydrogens is 268 g/mol. The SMILES string of the molecule is CN(CCN1CCCC1)c1nc2ccccn2c1C(=O)O. The van der Waals surface area contributed by atoms with Crippen molar-refractivity contribution in [1.82, 2.24) is 14.3 Å². The van der Waals surface area contributed by atoms with Crippen LogP contribution in [-0.4, -0.2) is 58.6 Å². The standard InChI is InChI=1S/C15H20N4O2/c1-17(10-11-18-7-4-5-8-18)14-13(15(20)21)19-9-3-2-6-12(19)16-14/h2-3,6,9H,4-5,7-8,10-11H2,1H3,(H,20,21). The number of likely N-dealkylation sites (N-methyl/N-ethyl adjacent to an activating group) is 1. The summed E-state index contributed by atoms with van der Waals surface area (Å²) in [4.78, 5) is 20.4. The van der Waals surface area contributed by atoms with Crippen molar-refractivity contribution in [2.75, 3.05) is 38.1 Å². The molecule has 1 saturated heterocycles. The van der Waals surface area contributed by atoms with Crippen LogP contribution in [0.15, 0.2) is 24.4 Å². The van der Waals surface area contributed by atoms with Crippen LogP contribution in [0.2, 0.25) is 0 Å². The largest absolute Gasteiger partial charge is 0.476 e. The van der Waals surface area contributed by atoms with E-state index in [0.29, 0.717) is 11.5 Å². The highest BCUT2D eigenvalue weighted by Gasteiger charge is 2.22. The molecule has 3 rings (SSSR count). The molecule has 3 heterocycles. The van der Waals surface area contributed by atoms with E-state index < -0.39 is 5.97 Å². The Balaban J connectivity index is 1.84. The summed E-state index contributed by atoms with van der Waals surface area (Å²) in [6, 6.07) is 5.50. The molecule has 2 aromatic rings. The van der Waals surface area contributed by atoms with Gasteiger partial charge < -0.3 is 14.9 Å². The van der Waals surface area contributed by atoms with Crippen molar-refractivity contribution < 1.29 is 9.90 Å². The minimum absolute atomic E-state index is 0.231. The number of carboxylic acid groups (broad SMARTS) is 1. The molecule has 6 heteroatoms. The molecule has 6 nitrogen and oxygen atoms in total. The number of imidazole rings is 1. The van der Waals surface area contributed by atoms with Crippen LogP contribution >= 0.6 is 0 Å². The highest BCUT2D eigenvalue weighted by Crippen LogP contribution is 2.21. The minimum atomic E-state index is -0.947. The maximum absolute atomic E-state index is 11.6. The van der Waals surface area contributed by atoms with E-state index in [1.54, 1.807) is 10.6 Å². The van der Waals surface area contributed by atoms with Crippen molar-refractivity contribution in [2.45, 2.75) is 12.8 Å². The lowest BCUT2D eigenvalue weighted by atomic mass is 10.3. The van der Waals surface area contributed by atoms with Crippen molar-refractivity contribution in [3.05, 3.63) is 30.1 Å². The van der Waals surface area contributed by atoms with E-state index in [0.717, 1.165) is 26.2 Å². The zero-order valence-electron chi connectivity index (χ0n) is 12.2. The number of hydrogen-bond acceptors (Lipinski definition) is 4. The molecule has 0 unspecified atom stereocenters. The third kappa shape index (κ3) is 2.71. The molecular formula is C15H20N4O2. The average molecular weight is 288 g/mol. The van der Waals surface area contributed by atoms with Gasteiger partial charge in [-0.1, -0.05) is 6.07 Å². The van der Waals surface area contributed by atoms with Crippen LogP contribution in [0.1, 0.15) is 23.3 Å². The normalized spacial score (nSPS) is 15.7. The van der Waals surface area contributed by atoms with Gasteiger partial charge in [-0.05, 0) is 38.1 Å². The smallest absolute Gasteiger partial charge is 0.356 e. The Morgan fingerprint density at radius 2 is 2.14 bits per heavy atom. The highest BCUT2D eigenvalue weighted by molar-refractivity contribution is 5.93. The summed E-state index contributed by atoms with van der Waals surface area (Å²) in [6.45, 7) is 4.02. The van der Waals surface area contributed by atoms with E-state index in [9.17, 15) is 9.90 Å². The van der Waals surface area contributed by atoms with Crippen molar-refractivity contribution >= 4 is 17.4 Å². The van der Waals surface area contributed by atoms with E-state index in [1.165, 1.54) is 12.8 Å². The fourth-order valence-corrected chi connectivity index (χ4v) is 2.85. The molecule has 1 aliphatic heterocycles. The van der Waals surface area contributed by atoms with Gasteiger partial charge in [0, 0.05) is 26.3 Å². The summed E-state index contributed by atoms with van der Waals surface area (Å²) in [5.41, 5.74) is 0.896. The van der Waals surface area contributed by atoms with E-state index in [-0.39, 0.29) is 5.69 Å². The number of aromatic nitrogens is 2. The van der Waals surface area contributed by atoms with Gasteiger partial charge in [0.2, 0.25) is 0 Å². The van der Waals surface area contributed by atoms with Crippen LogP contribution < -0.4 is 4.90 Å². The Hall–Kier alpha value is -2.08. The molecule has 0 spiro atoms. The number of aromatic carboxylic acids is 1. The van der Waals surface area contributed by atoms with Crippen LogP contribution in [0, 0.1) is 0 Å². The number of anilines is 1. The maximum Gasteiger partial charge on any atom is 0.356 e. The van der Waals surface area contributed by atoms with Gasteiger partial charge in [-0.2, -0.15) is 0 Å². The molecule has 0 bridgehead atoms. The quantitative estimate of drug-likeness (QED) is 0.905. The molecule has 1 N–H and O–H groups in total. The predicted molar refractivity (Wildman–Crippen MR) is 81.1 cm³/mol. The van der Waals surface area contributed by atoms with Crippen LogP contribution in [0.25, 0.3) is 5.65 Å². The first-order chi connectivity index (χ1) is 10.2. The van der Waals surface area contributed by atoms with E-state index in [4.69, 9.17) is 0 Å². The lowest BCUT2D eigenvalue weighted by molar-refractivity contribution is 0.0690. The van der Waals surface area contributed by atoms with Crippen molar-refractivity contribution in [3.8, 4) is 0 Å². The van der Waals surface area contributed by atoms with Crippen LogP contribution in [0.3, 0.4) is 0 Å². The summed E-state index contributed by atoms with van der Waals surface area (Å²) < 4.78 is 1.63. The summed E-state index contributed by atoms with van der Waals surface area (Å²) >= 11 is 0. The van der Waals surface area contributed by atoms with Gasteiger partial charge in [0.1, 0.15) is 5.65 Å². The van der Waals surface area contributed by atoms with Gasteiger partial charge >= 0.3 is 5.97 Å². The number of carboxylic acids is 1. The fraction of sp³-hybridized carbons (Fsp3) is 0.467. The van der Waals surface area contributed by atoms with Crippen molar-refractivity contribution in [1.29, 1.82) is 0 Å². The number of pyridine rings is 1. The summed E-state index contributed by atoms with van der Waals surface area (Å²) in [7, 11) is 1.91. The average Bonchev–Trinajstić information content (AvgIpc) is 3.11. The first-order valence-corrected chi connectivity index (χ1v) is 7.30. The molecule has 2 aromatic heterocycles. The maximum atomic E-state index is 11.6. The molecule has 0 aromatic carbocycles. The molecule has 112 valence electrons. The minimum Gasteiger partial charge on any atom is -0.476 e. The number of likely N-dealkylation sites (tertiary alicyclic amines) is 1. The first kappa shape index (κ1) is 13.9. The summed E-state index contributed by atoms with van der Waals surface area (Å²) in [5.74, 6) is -0.412. The number of fused-ring (bicyclic) bond motifs is 1. The summed E-state index contributed by atoms with van der Waals surface area (Å²) in [5, 5.41) is 9.48. The molecule has 21 heavy (non-hydrogen) atoms. The second-order valence-electron chi connectivity index (χ2n) is 5.49. The lowest BCUT2D eigenvalue weighted by Gasteiger charge is -2.21. The van der Waals surface area contributed by atoms with Gasteiger partial charge in [0.25, 0.3) is 0 Å². The number of rotatable bonds is 5. The topological polar surface area (TPSA) is 61.1 Å². The number of nitrogens with zero attached hydrogens (tertiary/aromatic N) is 4. The molecule has 0 saturated carbocycles. The van der Waals surface area contributed by atoms with E-state index >= 15 is 0 Å². The molecule has 1 aliphatic rings. The van der Waals surface area contributed by atoms with Crippen LogP contribution in [0.5, 0.6) is 0 Å². The first-order valence-electron chi connectivity index (χ1n) is 7.30. The highest BCUT2D eigenvalue weighted by atomic mass is 16.4. The van der Waals surface area contributed by atoms with Gasteiger partial charge in [0.05, 0.1) is 0 Å². The van der Waals surface area contributed by atoms with E-state index in [1.807, 2.05) is 30.1 Å². The zero-order valence-corrected chi connectivity index (χ0v) is 12.2. The van der Waals surface area contributed by atoms with Gasteiger partial charge in [-0.25, -0.2) is 9.78 Å². The Labute approximate surface area is 123 Å². The third-order valence-electron chi connectivity index (χ3n) is 4.03. The van der Waals surface area contributed by atoms with Gasteiger partial charge in [-0.3, -0.25) is 4.40 Å². The van der Waals surface area contributed by atoms with E-state index in [2.05, 4.69) is 9.88 Å². The summed E-state index contributed by atoms with van der Waals surface area (Å²) in [6.07, 6.45) is 4.26. The van der Waals surface area contributed by atoms with Crippen LogP contribution in [0.4, 0.5) is 5.82 Å². The number of carbonyl (C=O) groups is 1. The second kappa shape index (κ2) is 5.73. The molecule has 0 radical (unpaired) electrons. The Bertz CT molecular complexity index is 646. The third-order valence-corrected chi connectivity index (χ3v) is 4.03. The Morgan fingerprint density at radius 3 is 2.86 bits per heavy atom. The molecule has 0 atom stereocenters. The molecule has 0 amide bonds. The molecule has 0 aliphatic carbocycles. The fourth-order valence-electron chi connectivity index (χ4n) is 2.85. The monoisotopic (exact) mass is 288 g/mol. The lowest BCUT2D eigenvalue weighted by Crippen LogP contribution is -2.32. The van der Waals surface area contributed by atoms with Crippen LogP contribution in [-0.2, 0) is 0 Å². The zero-order chi connectivity index (χ0) is 14.8. The number of hydrogen-bond donors (Lipinski definition) is 1. The van der Waals surface area contributed by atoms with Gasteiger partial charge in [-0.15, -0.1) is 0 Å².